The summed E-state index contributed by atoms with van der Waals surface area (Å²) in [5.74, 6) is 0. The topological polar surface area (TPSA) is 0 Å². The molecule has 0 aliphatic carbocycles. The Kier molecular flexibility index (Phi) is 379. The predicted molar refractivity (Wildman–Crippen MR) is 26.6 cm³/mol. The van der Waals surface area contributed by atoms with Gasteiger partial charge >= 0.3 is 23.1 Å². The third-order valence-corrected chi connectivity index (χ3v) is 0. The molecule has 0 aromatic carbocycles. The second kappa shape index (κ2) is 34.0. The molecule has 0 aromatic heterocycles. The van der Waals surface area contributed by atoms with Crippen LogP contribution in [0.4, 0.5) is 0 Å². The van der Waals surface area contributed by atoms with Gasteiger partial charge in [0.1, 0.15) is 0 Å². The first kappa shape index (κ1) is 55.8. The Bertz CT molecular complexity index is 11.6. The van der Waals surface area contributed by atoms with Gasteiger partial charge in [0, 0.05) is 39.6 Å². The van der Waals surface area contributed by atoms with Crippen molar-refractivity contribution in [3.8, 4) is 0 Å². The third-order valence-electron chi connectivity index (χ3n) is 0. The Morgan fingerprint density at radius 3 is 1.00 bits per heavy atom. The molecule has 0 saturated heterocycles. The van der Waals surface area contributed by atoms with Gasteiger partial charge in [-0.3, -0.25) is 0 Å². The van der Waals surface area contributed by atoms with Crippen molar-refractivity contribution in [3.63, 3.8) is 0 Å². The maximum Gasteiger partial charge on any atom is 0.316 e. The zero-order valence-electron chi connectivity index (χ0n) is 0.855. The summed E-state index contributed by atoms with van der Waals surface area (Å²) in [6, 6.07) is 0. The van der Waals surface area contributed by atoms with Gasteiger partial charge in [-0.05, 0) is 11.0 Å². The molecule has 0 aliphatic rings. The Balaban J connectivity index is 0. The maximum absolute atomic E-state index is 0. The minimum absolute atomic E-state index is 0. The number of hydrogen-bond acceptors (Lipinski definition) is 0. The van der Waals surface area contributed by atoms with Crippen LogP contribution in [0.1, 0.15) is 7.43 Å². The second-order valence-electron chi connectivity index (χ2n) is 0. The minimum atomic E-state index is 0. The molecule has 0 nitrogen and oxygen atoms in total. The van der Waals surface area contributed by atoms with Gasteiger partial charge in [0.15, 0.2) is 0 Å². The molecule has 4 heteroatoms. The fourth-order valence-corrected chi connectivity index (χ4v) is 0. The summed E-state index contributed by atoms with van der Waals surface area (Å²) < 4.78 is 0. The molecule has 0 unspecified atom stereocenters. The zero-order valence-corrected chi connectivity index (χ0v) is 4.26. The van der Waals surface area contributed by atoms with Gasteiger partial charge in [-0.25, -0.2) is 0 Å². The molecule has 0 aliphatic heterocycles. The van der Waals surface area contributed by atoms with Crippen LogP contribution >= 0.6 is 0 Å². The van der Waals surface area contributed by atoms with Crippen molar-refractivity contribution in [3.05, 3.63) is 0 Å². The van der Waals surface area contributed by atoms with Crippen molar-refractivity contribution >= 4 is 34.0 Å². The van der Waals surface area contributed by atoms with Gasteiger partial charge in [0.05, 0.1) is 0 Å². The Labute approximate surface area is 80.2 Å². The molecule has 31 valence electrons. The van der Waals surface area contributed by atoms with Crippen LogP contribution < -0.4 is 0 Å². The molecule has 0 N–H and O–H groups in total. The Hall–Kier alpha value is 2.26. The van der Waals surface area contributed by atoms with Crippen LogP contribution in [0.2, 0.25) is 0 Å². The first-order valence-corrected chi connectivity index (χ1v) is 0. The van der Waals surface area contributed by atoms with Crippen molar-refractivity contribution in [1.29, 1.82) is 0 Å². The van der Waals surface area contributed by atoms with E-state index in [0.717, 1.165) is 0 Å². The number of hydrogen-bond donors (Lipinski definition) is 0. The third kappa shape index (κ3) is 22.3. The zero-order chi connectivity index (χ0) is 0. The van der Waals surface area contributed by atoms with Crippen LogP contribution in [0.15, 0.2) is 0 Å². The molecule has 0 aromatic rings. The smallest absolute Gasteiger partial charge is 0.0776 e. The van der Waals surface area contributed by atoms with Gasteiger partial charge in [0.2, 0.25) is 0 Å². The standard InChI is InChI=1S/CH4.Mg.Mo.H4Si.V.2H/h1H4;;;1H4;;;. The molecule has 0 bridgehead atoms. The average molecular weight is 221 g/mol. The quantitative estimate of drug-likeness (QED) is 0.426. The molecular weight excluding hydrogens is 211 g/mol. The van der Waals surface area contributed by atoms with E-state index in [1.165, 1.54) is 0 Å². The van der Waals surface area contributed by atoms with Gasteiger partial charge in [0.25, 0.3) is 0 Å². The monoisotopic (exact) mass is 223 g/mol. The van der Waals surface area contributed by atoms with E-state index < -0.39 is 0 Å². The molecule has 0 fully saturated rings. The first-order chi connectivity index (χ1) is 0. The van der Waals surface area contributed by atoms with Crippen molar-refractivity contribution in [2.24, 2.45) is 0 Å². The van der Waals surface area contributed by atoms with Crippen LogP contribution in [0.3, 0.4) is 0 Å². The summed E-state index contributed by atoms with van der Waals surface area (Å²) in [4.78, 5) is 0. The maximum atomic E-state index is 0. The molecule has 5 heavy (non-hydrogen) atoms. The molecule has 1 radical (unpaired) electrons. The largest absolute Gasteiger partial charge is 0.316 e. The fourth-order valence-electron chi connectivity index (χ4n) is 0. The summed E-state index contributed by atoms with van der Waals surface area (Å²) in [5, 5.41) is 0. The van der Waals surface area contributed by atoms with Gasteiger partial charge in [-0.1, -0.05) is 7.43 Å². The second-order valence-corrected chi connectivity index (χ2v) is 0. The minimum Gasteiger partial charge on any atom is -0.0776 e. The van der Waals surface area contributed by atoms with E-state index in [1.54, 1.807) is 0 Å². The summed E-state index contributed by atoms with van der Waals surface area (Å²) >= 11 is 0. The van der Waals surface area contributed by atoms with Crippen LogP contribution in [-0.2, 0) is 39.6 Å². The van der Waals surface area contributed by atoms with E-state index >= 15 is 0 Å². The van der Waals surface area contributed by atoms with E-state index in [2.05, 4.69) is 0 Å². The van der Waals surface area contributed by atoms with Crippen LogP contribution in [0.5, 0.6) is 0 Å². The molecule has 0 rings (SSSR count). The van der Waals surface area contributed by atoms with E-state index in [0.29, 0.717) is 0 Å². The van der Waals surface area contributed by atoms with Gasteiger partial charge in [-0.2, -0.15) is 0 Å². The summed E-state index contributed by atoms with van der Waals surface area (Å²) in [6.45, 7) is 0. The van der Waals surface area contributed by atoms with Gasteiger partial charge in [-0.15, -0.1) is 0 Å². The van der Waals surface area contributed by atoms with E-state index in [9.17, 15) is 0 Å². The van der Waals surface area contributed by atoms with Crippen LogP contribution in [-0.4, -0.2) is 34.0 Å². The first-order valence-electron chi connectivity index (χ1n) is 0. The van der Waals surface area contributed by atoms with Crippen molar-refractivity contribution in [2.45, 2.75) is 7.43 Å². The average Bonchev–Trinajstić information content (AvgIpc) is 0. The van der Waals surface area contributed by atoms with E-state index in [1.807, 2.05) is 0 Å². The molecular formula is CH10MgMoSiV. The molecule has 0 heterocycles. The van der Waals surface area contributed by atoms with E-state index in [4.69, 9.17) is 0 Å². The van der Waals surface area contributed by atoms with Crippen LogP contribution in [0, 0.1) is 0 Å². The van der Waals surface area contributed by atoms with Crippen molar-refractivity contribution in [2.75, 3.05) is 0 Å². The normalized spacial score (nSPS) is 0. The summed E-state index contributed by atoms with van der Waals surface area (Å²) in [7, 11) is 0. The SMILES string of the molecule is C.[MgH2].[Mo].[SiH4].[V]. The van der Waals surface area contributed by atoms with Crippen molar-refractivity contribution < 1.29 is 39.6 Å². The van der Waals surface area contributed by atoms with Gasteiger partial charge < -0.3 is 0 Å². The number of rotatable bonds is 0. The van der Waals surface area contributed by atoms with Crippen LogP contribution in [0.25, 0.3) is 0 Å². The van der Waals surface area contributed by atoms with Crippen molar-refractivity contribution in [1.82, 2.24) is 0 Å². The molecule has 0 spiro atoms. The Morgan fingerprint density at radius 1 is 1.00 bits per heavy atom. The predicted octanol–water partition coefficient (Wildman–Crippen LogP) is -1.74. The molecule has 0 amide bonds. The van der Waals surface area contributed by atoms with E-state index in [-0.39, 0.29) is 81.1 Å². The summed E-state index contributed by atoms with van der Waals surface area (Å²) in [5.41, 5.74) is 0. The Morgan fingerprint density at radius 2 is 1.00 bits per heavy atom. The molecule has 0 atom stereocenters. The fraction of sp³-hybridized carbons (Fsp3) is 1.00. The summed E-state index contributed by atoms with van der Waals surface area (Å²) in [6.07, 6.45) is 0. The molecule has 0 saturated carbocycles.